The van der Waals surface area contributed by atoms with Gasteiger partial charge >= 0.3 is 0 Å². The molecule has 2 unspecified atom stereocenters. The fourth-order valence-corrected chi connectivity index (χ4v) is 2.96. The predicted octanol–water partition coefficient (Wildman–Crippen LogP) is 1.53. The maximum atomic E-state index is 12.0. The number of carbonyl (C=O) groups excluding carboxylic acids is 1. The van der Waals surface area contributed by atoms with E-state index in [1.165, 1.54) is 12.1 Å². The summed E-state index contributed by atoms with van der Waals surface area (Å²) in [5.41, 5.74) is -0.344. The Labute approximate surface area is 137 Å². The number of hydrogen-bond acceptors (Lipinski definition) is 7. The Morgan fingerprint density at radius 2 is 1.75 bits per heavy atom. The topological polar surface area (TPSA) is 144 Å². The van der Waals surface area contributed by atoms with E-state index in [2.05, 4.69) is 0 Å². The molecule has 2 N–H and O–H groups in total. The van der Waals surface area contributed by atoms with Gasteiger partial charge in [-0.3, -0.25) is 25.0 Å². The highest BCUT2D eigenvalue weighted by Gasteiger charge is 2.35. The summed E-state index contributed by atoms with van der Waals surface area (Å²) >= 11 is 0. The van der Waals surface area contributed by atoms with Gasteiger partial charge in [-0.05, 0) is 31.7 Å². The van der Waals surface area contributed by atoms with Crippen molar-refractivity contribution in [3.8, 4) is 0 Å². The first-order chi connectivity index (χ1) is 11.3. The Morgan fingerprint density at radius 1 is 1.12 bits per heavy atom. The highest BCUT2D eigenvalue weighted by atomic mass is 16.6. The Hall–Kier alpha value is -2.39. The summed E-state index contributed by atoms with van der Waals surface area (Å²) in [6, 6.07) is 3.46. The van der Waals surface area contributed by atoms with Gasteiger partial charge in [-0.25, -0.2) is 0 Å². The van der Waals surface area contributed by atoms with E-state index in [1.807, 2.05) is 0 Å². The van der Waals surface area contributed by atoms with Crippen molar-refractivity contribution in [2.75, 3.05) is 0 Å². The average molecular weight is 338 g/mol. The molecule has 130 valence electrons. The summed E-state index contributed by atoms with van der Waals surface area (Å²) in [6.07, 6.45) is -0.504. The minimum Gasteiger partial charge on any atom is -0.390 e. The maximum absolute atomic E-state index is 12.0. The van der Waals surface area contributed by atoms with Crippen molar-refractivity contribution in [3.05, 3.63) is 44.0 Å². The molecule has 0 aromatic heterocycles. The van der Waals surface area contributed by atoms with Gasteiger partial charge in [0, 0.05) is 24.0 Å². The van der Waals surface area contributed by atoms with Gasteiger partial charge in [-0.15, -0.1) is 0 Å². The Morgan fingerprint density at radius 3 is 2.29 bits per heavy atom. The number of benzene rings is 1. The molecule has 0 aliphatic heterocycles. The van der Waals surface area contributed by atoms with E-state index >= 15 is 0 Å². The molecule has 0 spiro atoms. The molecule has 2 rings (SSSR count). The highest BCUT2D eigenvalue weighted by Crippen LogP contribution is 2.29. The number of hydrogen-bond donors (Lipinski definition) is 2. The molecule has 1 aliphatic carbocycles. The number of Topliss-reactive ketones (excluding diaryl/α,β-unsaturated/α-hetero) is 1. The van der Waals surface area contributed by atoms with Crippen LogP contribution in [0.5, 0.6) is 0 Å². The predicted molar refractivity (Wildman–Crippen MR) is 82.4 cm³/mol. The van der Waals surface area contributed by atoms with Crippen LogP contribution in [0.2, 0.25) is 0 Å². The van der Waals surface area contributed by atoms with E-state index in [-0.39, 0.29) is 48.8 Å². The average Bonchev–Trinajstić information content (AvgIpc) is 2.86. The van der Waals surface area contributed by atoms with Gasteiger partial charge < -0.3 is 10.2 Å². The first kappa shape index (κ1) is 18.0. The van der Waals surface area contributed by atoms with Gasteiger partial charge in [-0.2, -0.15) is 0 Å². The number of carbonyl (C=O) groups is 1. The van der Waals surface area contributed by atoms with Gasteiger partial charge in [0.15, 0.2) is 0 Å². The third-order valence-electron chi connectivity index (χ3n) is 4.30. The van der Waals surface area contributed by atoms with Crippen LogP contribution in [-0.2, 0) is 11.2 Å². The van der Waals surface area contributed by atoms with Crippen molar-refractivity contribution in [1.29, 1.82) is 0 Å². The molecule has 1 fully saturated rings. The number of rotatable bonds is 7. The summed E-state index contributed by atoms with van der Waals surface area (Å²) in [5, 5.41) is 40.6. The summed E-state index contributed by atoms with van der Waals surface area (Å²) in [4.78, 5) is 32.4. The van der Waals surface area contributed by atoms with Crippen LogP contribution >= 0.6 is 0 Å². The number of aliphatic hydroxyl groups excluding tert-OH is 2. The fraction of sp³-hybridized carbons (Fsp3) is 0.533. The second kappa shape index (κ2) is 7.45. The Bertz CT molecular complexity index is 651. The van der Waals surface area contributed by atoms with Crippen LogP contribution in [0.25, 0.3) is 0 Å². The monoisotopic (exact) mass is 338 g/mol. The van der Waals surface area contributed by atoms with E-state index in [4.69, 9.17) is 0 Å². The molecular weight excluding hydrogens is 320 g/mol. The third kappa shape index (κ3) is 4.12. The summed E-state index contributed by atoms with van der Waals surface area (Å²) < 4.78 is 0. The zero-order valence-corrected chi connectivity index (χ0v) is 12.8. The molecule has 1 aliphatic rings. The zero-order valence-electron chi connectivity index (χ0n) is 12.8. The van der Waals surface area contributed by atoms with E-state index < -0.39 is 22.1 Å². The van der Waals surface area contributed by atoms with Crippen LogP contribution in [0.15, 0.2) is 18.2 Å². The third-order valence-corrected chi connectivity index (χ3v) is 4.30. The van der Waals surface area contributed by atoms with Crippen LogP contribution in [0.1, 0.15) is 31.2 Å². The molecule has 0 radical (unpaired) electrons. The second-order valence-corrected chi connectivity index (χ2v) is 5.95. The summed E-state index contributed by atoms with van der Waals surface area (Å²) in [5.74, 6) is -0.475. The van der Waals surface area contributed by atoms with Crippen molar-refractivity contribution in [3.63, 3.8) is 0 Å². The van der Waals surface area contributed by atoms with Gasteiger partial charge in [-0.1, -0.05) is 0 Å². The number of nitrogens with zero attached hydrogens (tertiary/aromatic N) is 2. The van der Waals surface area contributed by atoms with Crippen molar-refractivity contribution in [1.82, 2.24) is 0 Å². The standard InChI is InChI=1S/C15H18N2O7/c18-13(10-6-14(19)15(20)7-10)3-1-2-9-4-5-11(16(21)22)8-12(9)17(23)24/h4-5,8,10,14-15,19-20H,1-3,6-7H2. The lowest BCUT2D eigenvalue weighted by Gasteiger charge is -2.08. The molecule has 2 atom stereocenters. The molecule has 1 saturated carbocycles. The second-order valence-electron chi connectivity index (χ2n) is 5.95. The smallest absolute Gasteiger partial charge is 0.279 e. The lowest BCUT2D eigenvalue weighted by atomic mass is 9.96. The van der Waals surface area contributed by atoms with E-state index in [0.29, 0.717) is 12.0 Å². The Kier molecular flexibility index (Phi) is 5.58. The van der Waals surface area contributed by atoms with Crippen molar-refractivity contribution in [2.45, 2.75) is 44.3 Å². The molecule has 24 heavy (non-hydrogen) atoms. The number of aliphatic hydroxyl groups is 2. The van der Waals surface area contributed by atoms with E-state index in [1.54, 1.807) is 0 Å². The SMILES string of the molecule is O=C(CCCc1ccc([N+](=O)[O-])cc1[N+](=O)[O-])C1CC(O)C(O)C1. The lowest BCUT2D eigenvalue weighted by Crippen LogP contribution is -2.17. The summed E-state index contributed by atoms with van der Waals surface area (Å²) in [7, 11) is 0. The molecule has 9 nitrogen and oxygen atoms in total. The largest absolute Gasteiger partial charge is 0.390 e. The normalized spacial score (nSPS) is 23.2. The van der Waals surface area contributed by atoms with Gasteiger partial charge in [0.1, 0.15) is 5.78 Å². The van der Waals surface area contributed by atoms with Crippen LogP contribution in [-0.4, -0.2) is 38.1 Å². The molecule has 1 aromatic rings. The first-order valence-electron chi connectivity index (χ1n) is 7.60. The summed E-state index contributed by atoms with van der Waals surface area (Å²) in [6.45, 7) is 0. The fourth-order valence-electron chi connectivity index (χ4n) is 2.96. The number of ketones is 1. The minimum atomic E-state index is -0.880. The quantitative estimate of drug-likeness (QED) is 0.566. The van der Waals surface area contributed by atoms with Crippen molar-refractivity contribution in [2.24, 2.45) is 5.92 Å². The molecular formula is C15H18N2O7. The number of nitro groups is 2. The van der Waals surface area contributed by atoms with Crippen LogP contribution < -0.4 is 0 Å². The van der Waals surface area contributed by atoms with Crippen LogP contribution in [0.3, 0.4) is 0 Å². The van der Waals surface area contributed by atoms with Crippen molar-refractivity contribution < 1.29 is 24.9 Å². The number of aryl methyl sites for hydroxylation is 1. The van der Waals surface area contributed by atoms with Crippen LogP contribution in [0.4, 0.5) is 11.4 Å². The molecule has 0 saturated heterocycles. The number of non-ortho nitro benzene ring substituents is 1. The molecule has 9 heteroatoms. The van der Waals surface area contributed by atoms with E-state index in [0.717, 1.165) is 6.07 Å². The minimum absolute atomic E-state index is 0.0878. The highest BCUT2D eigenvalue weighted by molar-refractivity contribution is 5.81. The zero-order chi connectivity index (χ0) is 17.9. The molecule has 0 amide bonds. The van der Waals surface area contributed by atoms with Crippen LogP contribution in [0, 0.1) is 26.1 Å². The molecule has 0 heterocycles. The lowest BCUT2D eigenvalue weighted by molar-refractivity contribution is -0.394. The maximum Gasteiger partial charge on any atom is 0.279 e. The molecule has 1 aromatic carbocycles. The molecule has 0 bridgehead atoms. The Balaban J connectivity index is 1.96. The number of nitro benzene ring substituents is 2. The van der Waals surface area contributed by atoms with Gasteiger partial charge in [0.25, 0.3) is 11.4 Å². The van der Waals surface area contributed by atoms with E-state index in [9.17, 15) is 35.2 Å². The van der Waals surface area contributed by atoms with Crippen molar-refractivity contribution >= 4 is 17.2 Å². The first-order valence-corrected chi connectivity index (χ1v) is 7.60. The van der Waals surface area contributed by atoms with Gasteiger partial charge in [0.2, 0.25) is 0 Å². The van der Waals surface area contributed by atoms with Gasteiger partial charge in [0.05, 0.1) is 28.1 Å².